The molecule has 0 heterocycles. The fourth-order valence-corrected chi connectivity index (χ4v) is 8.59. The van der Waals surface area contributed by atoms with E-state index in [4.69, 9.17) is 0 Å². The summed E-state index contributed by atoms with van der Waals surface area (Å²) < 4.78 is 0. The van der Waals surface area contributed by atoms with Gasteiger partial charge in [0.2, 0.25) is 5.91 Å². The van der Waals surface area contributed by atoms with E-state index in [0.717, 1.165) is 83.5 Å². The van der Waals surface area contributed by atoms with Crippen molar-refractivity contribution in [2.24, 2.45) is 0 Å². The Kier molecular flexibility index (Phi) is 56.8. The van der Waals surface area contributed by atoms with Crippen molar-refractivity contribution in [3.8, 4) is 0 Å². The number of unbranched alkanes of at least 4 members (excludes halogenated alkanes) is 28. The second kappa shape index (κ2) is 59.4. The molecule has 0 radical (unpaired) electrons. The molecule has 0 fully saturated rings. The summed E-state index contributed by atoms with van der Waals surface area (Å²) in [7, 11) is 0. The van der Waals surface area contributed by atoms with Gasteiger partial charge in [0.25, 0.3) is 0 Å². The number of carbonyl (C=O) groups is 1. The van der Waals surface area contributed by atoms with E-state index in [1.807, 2.05) is 0 Å². The van der Waals surface area contributed by atoms with Crippen molar-refractivity contribution in [3.05, 3.63) is 109 Å². The van der Waals surface area contributed by atoms with Crippen LogP contribution in [0.4, 0.5) is 0 Å². The molecule has 2 unspecified atom stereocenters. The van der Waals surface area contributed by atoms with Crippen molar-refractivity contribution < 1.29 is 15.0 Å². The summed E-state index contributed by atoms with van der Waals surface area (Å²) in [6, 6.07) is -0.547. The average molecular weight is 957 g/mol. The van der Waals surface area contributed by atoms with Gasteiger partial charge in [-0.25, -0.2) is 0 Å². The van der Waals surface area contributed by atoms with Crippen LogP contribution in [0.2, 0.25) is 0 Å². The minimum absolute atomic E-state index is 0.0396. The minimum atomic E-state index is -0.670. The largest absolute Gasteiger partial charge is 0.394 e. The molecule has 1 amide bonds. The van der Waals surface area contributed by atoms with Gasteiger partial charge in [-0.15, -0.1) is 0 Å². The molecular weight excluding hydrogens is 843 g/mol. The molecule has 4 heteroatoms. The van der Waals surface area contributed by atoms with Gasteiger partial charge in [0.15, 0.2) is 0 Å². The Hall–Kier alpha value is -2.95. The van der Waals surface area contributed by atoms with E-state index in [9.17, 15) is 15.0 Å². The maximum absolute atomic E-state index is 12.5. The first-order valence-corrected chi connectivity index (χ1v) is 29.6. The van der Waals surface area contributed by atoms with E-state index in [-0.39, 0.29) is 12.5 Å². The second-order valence-corrected chi connectivity index (χ2v) is 19.7. The van der Waals surface area contributed by atoms with Gasteiger partial charge in [0, 0.05) is 6.42 Å². The lowest BCUT2D eigenvalue weighted by molar-refractivity contribution is -0.123. The molecule has 0 saturated heterocycles. The predicted octanol–water partition coefficient (Wildman–Crippen LogP) is 19.9. The Morgan fingerprint density at radius 1 is 0.362 bits per heavy atom. The number of aliphatic hydroxyl groups is 2. The maximum Gasteiger partial charge on any atom is 0.220 e. The van der Waals surface area contributed by atoms with Crippen LogP contribution in [0.15, 0.2) is 109 Å². The highest BCUT2D eigenvalue weighted by molar-refractivity contribution is 5.76. The third kappa shape index (κ3) is 55.8. The van der Waals surface area contributed by atoms with Crippen LogP contribution in [0.1, 0.15) is 277 Å². The first-order valence-electron chi connectivity index (χ1n) is 29.6. The molecule has 0 aromatic carbocycles. The van der Waals surface area contributed by atoms with Crippen LogP contribution in [0.25, 0.3) is 0 Å². The Balaban J connectivity index is 3.57. The van der Waals surface area contributed by atoms with Crippen LogP contribution in [0, 0.1) is 0 Å². The number of aliphatic hydroxyl groups excluding tert-OH is 2. The fourth-order valence-electron chi connectivity index (χ4n) is 8.59. The Bertz CT molecular complexity index is 1310. The van der Waals surface area contributed by atoms with E-state index in [1.165, 1.54) is 167 Å². The van der Waals surface area contributed by atoms with Crippen LogP contribution in [-0.4, -0.2) is 34.9 Å². The summed E-state index contributed by atoms with van der Waals surface area (Å²) in [4.78, 5) is 12.5. The first-order chi connectivity index (χ1) is 34.2. The summed E-state index contributed by atoms with van der Waals surface area (Å²) in [5, 5.41) is 23.4. The number of amides is 1. The zero-order chi connectivity index (χ0) is 49.9. The molecule has 4 nitrogen and oxygen atoms in total. The second-order valence-electron chi connectivity index (χ2n) is 19.7. The van der Waals surface area contributed by atoms with Crippen LogP contribution in [-0.2, 0) is 4.79 Å². The molecule has 396 valence electrons. The van der Waals surface area contributed by atoms with Gasteiger partial charge < -0.3 is 15.5 Å². The highest BCUT2D eigenvalue weighted by atomic mass is 16.3. The summed E-state index contributed by atoms with van der Waals surface area (Å²) in [6.07, 6.45) is 89.3. The summed E-state index contributed by atoms with van der Waals surface area (Å²) in [5.41, 5.74) is 0. The van der Waals surface area contributed by atoms with Crippen molar-refractivity contribution in [1.82, 2.24) is 5.32 Å². The van der Waals surface area contributed by atoms with E-state index >= 15 is 0 Å². The standard InChI is InChI=1S/C65H113NO3/c1-3-5-7-9-11-13-15-17-19-21-23-25-26-27-28-29-30-31-32-33-34-35-36-37-38-39-40-41-43-45-47-49-51-53-55-57-59-61-65(69)66-63(62-67)64(68)60-58-56-54-52-50-48-46-44-42-24-22-20-18-16-14-12-10-8-6-4-2/h5,7,11,13,17,19,23,25,27-28,30-31,33-34,36-37,39-40,63-64,67-68H,3-4,6,8-10,12,14-16,18,20-22,24,26,29,32,35,38,41-62H2,1-2H3,(H,66,69)/b7-5-,13-11-,19-17-,25-23-,28-27-,31-30-,34-33-,37-36-,40-39-. The molecule has 2 atom stereocenters. The zero-order valence-electron chi connectivity index (χ0n) is 45.5. The van der Waals surface area contributed by atoms with Gasteiger partial charge in [-0.1, -0.05) is 297 Å². The lowest BCUT2D eigenvalue weighted by atomic mass is 10.0. The molecule has 0 aliphatic heterocycles. The number of nitrogens with one attached hydrogen (secondary N) is 1. The lowest BCUT2D eigenvalue weighted by Gasteiger charge is -2.22. The number of carbonyl (C=O) groups excluding carboxylic acids is 1. The van der Waals surface area contributed by atoms with Crippen LogP contribution < -0.4 is 5.32 Å². The topological polar surface area (TPSA) is 69.6 Å². The number of allylic oxidation sites excluding steroid dienone is 18. The highest BCUT2D eigenvalue weighted by Crippen LogP contribution is 2.17. The minimum Gasteiger partial charge on any atom is -0.394 e. The fraction of sp³-hybridized carbons (Fsp3) is 0.708. The molecule has 0 saturated carbocycles. The van der Waals surface area contributed by atoms with Crippen LogP contribution >= 0.6 is 0 Å². The van der Waals surface area contributed by atoms with E-state index < -0.39 is 12.1 Å². The smallest absolute Gasteiger partial charge is 0.220 e. The van der Waals surface area contributed by atoms with Gasteiger partial charge in [-0.3, -0.25) is 4.79 Å². The molecular formula is C65H113NO3. The lowest BCUT2D eigenvalue weighted by Crippen LogP contribution is -2.45. The van der Waals surface area contributed by atoms with Crippen LogP contribution in [0.5, 0.6) is 0 Å². The van der Waals surface area contributed by atoms with Gasteiger partial charge in [0.05, 0.1) is 18.8 Å². The first kappa shape index (κ1) is 66.0. The molecule has 0 aromatic rings. The molecule has 0 aromatic heterocycles. The van der Waals surface area contributed by atoms with E-state index in [0.29, 0.717) is 12.8 Å². The summed E-state index contributed by atoms with van der Waals surface area (Å²) in [6.45, 7) is 4.25. The van der Waals surface area contributed by atoms with Gasteiger partial charge in [-0.05, 0) is 83.5 Å². The third-order valence-electron chi connectivity index (χ3n) is 13.0. The Morgan fingerprint density at radius 2 is 0.638 bits per heavy atom. The molecule has 0 spiro atoms. The van der Waals surface area contributed by atoms with E-state index in [1.54, 1.807) is 0 Å². The predicted molar refractivity (Wildman–Crippen MR) is 308 cm³/mol. The molecule has 0 bridgehead atoms. The van der Waals surface area contributed by atoms with E-state index in [2.05, 4.69) is 129 Å². The molecule has 3 N–H and O–H groups in total. The highest BCUT2D eigenvalue weighted by Gasteiger charge is 2.20. The Morgan fingerprint density at radius 3 is 0.957 bits per heavy atom. The normalized spacial score (nSPS) is 13.6. The van der Waals surface area contributed by atoms with Crippen LogP contribution in [0.3, 0.4) is 0 Å². The van der Waals surface area contributed by atoms with Gasteiger partial charge in [0.1, 0.15) is 0 Å². The molecule has 0 aliphatic carbocycles. The van der Waals surface area contributed by atoms with Crippen molar-refractivity contribution in [2.45, 2.75) is 289 Å². The van der Waals surface area contributed by atoms with Crippen molar-refractivity contribution in [2.75, 3.05) is 6.61 Å². The summed E-state index contributed by atoms with van der Waals surface area (Å²) >= 11 is 0. The van der Waals surface area contributed by atoms with Crippen molar-refractivity contribution >= 4 is 5.91 Å². The average Bonchev–Trinajstić information content (AvgIpc) is 3.35. The SMILES string of the molecule is CC/C=C\C/C=C\C/C=C\C/C=C\C/C=C\C/C=C\C/C=C\C/C=C\C/C=C\CCCCCCCCCCCC(=O)NC(CO)C(O)CCCCCCCCCCCCCCCCCCCCCC. The molecule has 69 heavy (non-hydrogen) atoms. The van der Waals surface area contributed by atoms with Gasteiger partial charge in [-0.2, -0.15) is 0 Å². The quantitative estimate of drug-likeness (QED) is 0.0420. The monoisotopic (exact) mass is 956 g/mol. The molecule has 0 rings (SSSR count). The Labute approximate surface area is 429 Å². The van der Waals surface area contributed by atoms with Crippen molar-refractivity contribution in [1.29, 1.82) is 0 Å². The number of hydrogen-bond acceptors (Lipinski definition) is 3. The van der Waals surface area contributed by atoms with Gasteiger partial charge >= 0.3 is 0 Å². The zero-order valence-corrected chi connectivity index (χ0v) is 45.5. The molecule has 0 aliphatic rings. The third-order valence-corrected chi connectivity index (χ3v) is 13.0. The number of hydrogen-bond donors (Lipinski definition) is 3. The van der Waals surface area contributed by atoms with Crippen molar-refractivity contribution in [3.63, 3.8) is 0 Å². The maximum atomic E-state index is 12.5. The number of rotatable bonds is 53. The summed E-state index contributed by atoms with van der Waals surface area (Å²) in [5.74, 6) is -0.0396.